The zero-order valence-electron chi connectivity index (χ0n) is 11.2. The van der Waals surface area contributed by atoms with Crippen LogP contribution in [0.2, 0.25) is 0 Å². The Hall–Kier alpha value is -0.280. The Kier molecular flexibility index (Phi) is 5.31. The molecular formula is C14H24ClNO2. The Morgan fingerprint density at radius 2 is 2.17 bits per heavy atom. The number of hydrogen-bond donors (Lipinski definition) is 1. The standard InChI is InChI=1S/C14H24ClNO2/c1-2-18-12-6-10(7-12)8-14(17)16-13-5-3-4-11(13)9-15/h10-13H,2-9H2,1H3,(H,16,17). The average molecular weight is 274 g/mol. The van der Waals surface area contributed by atoms with Crippen molar-refractivity contribution in [2.75, 3.05) is 12.5 Å². The number of halogens is 1. The zero-order valence-corrected chi connectivity index (χ0v) is 11.9. The fourth-order valence-electron chi connectivity index (χ4n) is 3.15. The van der Waals surface area contributed by atoms with E-state index < -0.39 is 0 Å². The van der Waals surface area contributed by atoms with Crippen LogP contribution in [0.5, 0.6) is 0 Å². The summed E-state index contributed by atoms with van der Waals surface area (Å²) in [6, 6.07) is 0.317. The quantitative estimate of drug-likeness (QED) is 0.756. The number of carbonyl (C=O) groups excluding carboxylic acids is 1. The van der Waals surface area contributed by atoms with Gasteiger partial charge in [-0.15, -0.1) is 11.6 Å². The molecule has 0 aromatic rings. The van der Waals surface area contributed by atoms with Crippen LogP contribution >= 0.6 is 11.6 Å². The van der Waals surface area contributed by atoms with Gasteiger partial charge in [-0.2, -0.15) is 0 Å². The largest absolute Gasteiger partial charge is 0.378 e. The van der Waals surface area contributed by atoms with E-state index in [1.54, 1.807) is 0 Å². The van der Waals surface area contributed by atoms with Gasteiger partial charge in [-0.1, -0.05) is 6.42 Å². The van der Waals surface area contributed by atoms with E-state index in [0.717, 1.165) is 32.3 Å². The van der Waals surface area contributed by atoms with Gasteiger partial charge in [-0.05, 0) is 44.4 Å². The Morgan fingerprint density at radius 1 is 1.39 bits per heavy atom. The Morgan fingerprint density at radius 3 is 2.83 bits per heavy atom. The molecule has 2 rings (SSSR count). The topological polar surface area (TPSA) is 38.3 Å². The van der Waals surface area contributed by atoms with Crippen molar-refractivity contribution in [3.63, 3.8) is 0 Å². The van der Waals surface area contributed by atoms with Gasteiger partial charge in [-0.3, -0.25) is 4.79 Å². The van der Waals surface area contributed by atoms with Crippen molar-refractivity contribution < 1.29 is 9.53 Å². The molecule has 0 aliphatic heterocycles. The van der Waals surface area contributed by atoms with Crippen molar-refractivity contribution >= 4 is 17.5 Å². The zero-order chi connectivity index (χ0) is 13.0. The summed E-state index contributed by atoms with van der Waals surface area (Å²) in [4.78, 5) is 11.9. The van der Waals surface area contributed by atoms with Crippen molar-refractivity contribution in [2.45, 2.75) is 57.6 Å². The van der Waals surface area contributed by atoms with E-state index >= 15 is 0 Å². The summed E-state index contributed by atoms with van der Waals surface area (Å²) in [6.07, 6.45) is 6.60. The molecule has 0 bridgehead atoms. The number of ether oxygens (including phenoxy) is 1. The first kappa shape index (κ1) is 14.1. The number of nitrogens with one attached hydrogen (secondary N) is 1. The maximum absolute atomic E-state index is 11.9. The summed E-state index contributed by atoms with van der Waals surface area (Å²) in [5.74, 6) is 1.88. The van der Waals surface area contributed by atoms with Crippen LogP contribution in [0.15, 0.2) is 0 Å². The minimum Gasteiger partial charge on any atom is -0.378 e. The van der Waals surface area contributed by atoms with E-state index in [2.05, 4.69) is 5.32 Å². The molecule has 0 saturated heterocycles. The van der Waals surface area contributed by atoms with Crippen LogP contribution in [0.3, 0.4) is 0 Å². The van der Waals surface area contributed by atoms with Crippen molar-refractivity contribution in [1.29, 1.82) is 0 Å². The highest BCUT2D eigenvalue weighted by Crippen LogP contribution is 2.33. The second-order valence-corrected chi connectivity index (χ2v) is 5.95. The lowest BCUT2D eigenvalue weighted by Crippen LogP contribution is -2.41. The highest BCUT2D eigenvalue weighted by atomic mass is 35.5. The fraction of sp³-hybridized carbons (Fsp3) is 0.929. The number of carbonyl (C=O) groups is 1. The molecular weight excluding hydrogens is 250 g/mol. The van der Waals surface area contributed by atoms with Gasteiger partial charge >= 0.3 is 0 Å². The molecule has 4 heteroatoms. The highest BCUT2D eigenvalue weighted by molar-refractivity contribution is 6.18. The lowest BCUT2D eigenvalue weighted by atomic mass is 9.80. The summed E-state index contributed by atoms with van der Waals surface area (Å²) >= 11 is 5.92. The molecule has 3 nitrogen and oxygen atoms in total. The van der Waals surface area contributed by atoms with Crippen molar-refractivity contribution in [3.05, 3.63) is 0 Å². The molecule has 18 heavy (non-hydrogen) atoms. The third-order valence-electron chi connectivity index (χ3n) is 4.27. The van der Waals surface area contributed by atoms with E-state index in [9.17, 15) is 4.79 Å². The van der Waals surface area contributed by atoms with Gasteiger partial charge in [-0.25, -0.2) is 0 Å². The molecule has 0 radical (unpaired) electrons. The van der Waals surface area contributed by atoms with Crippen LogP contribution in [0, 0.1) is 11.8 Å². The van der Waals surface area contributed by atoms with Gasteiger partial charge in [0.05, 0.1) is 6.10 Å². The second-order valence-electron chi connectivity index (χ2n) is 5.64. The Labute approximate surface area is 115 Å². The molecule has 1 N–H and O–H groups in total. The number of rotatable bonds is 6. The van der Waals surface area contributed by atoms with Crippen molar-refractivity contribution in [3.8, 4) is 0 Å². The van der Waals surface area contributed by atoms with Crippen LogP contribution in [-0.2, 0) is 9.53 Å². The van der Waals surface area contributed by atoms with E-state index in [1.807, 2.05) is 6.92 Å². The normalized spacial score (nSPS) is 35.2. The number of hydrogen-bond acceptors (Lipinski definition) is 2. The lowest BCUT2D eigenvalue weighted by molar-refractivity contribution is -0.125. The molecule has 0 aromatic heterocycles. The molecule has 2 atom stereocenters. The predicted octanol–water partition coefficient (Wildman–Crippen LogP) is 2.72. The fourth-order valence-corrected chi connectivity index (χ4v) is 3.52. The van der Waals surface area contributed by atoms with Crippen LogP contribution in [-0.4, -0.2) is 30.5 Å². The molecule has 2 fully saturated rings. The first-order chi connectivity index (χ1) is 8.72. The minimum atomic E-state index is 0.206. The first-order valence-corrected chi connectivity index (χ1v) is 7.73. The monoisotopic (exact) mass is 273 g/mol. The Balaban J connectivity index is 1.64. The predicted molar refractivity (Wildman–Crippen MR) is 72.7 cm³/mol. The maximum atomic E-state index is 11.9. The van der Waals surface area contributed by atoms with Gasteiger partial charge in [0.15, 0.2) is 0 Å². The van der Waals surface area contributed by atoms with Gasteiger partial charge in [0.1, 0.15) is 0 Å². The summed E-state index contributed by atoms with van der Waals surface area (Å²) in [7, 11) is 0. The summed E-state index contributed by atoms with van der Waals surface area (Å²) in [5.41, 5.74) is 0. The van der Waals surface area contributed by atoms with Gasteiger partial charge < -0.3 is 10.1 Å². The number of amides is 1. The Bertz CT molecular complexity index is 279. The summed E-state index contributed by atoms with van der Waals surface area (Å²) < 4.78 is 5.51. The van der Waals surface area contributed by atoms with Crippen LogP contribution in [0.4, 0.5) is 0 Å². The molecule has 2 saturated carbocycles. The van der Waals surface area contributed by atoms with E-state index in [-0.39, 0.29) is 5.91 Å². The van der Waals surface area contributed by atoms with Crippen molar-refractivity contribution in [1.82, 2.24) is 5.32 Å². The third-order valence-corrected chi connectivity index (χ3v) is 4.67. The van der Waals surface area contributed by atoms with E-state index in [4.69, 9.17) is 16.3 Å². The van der Waals surface area contributed by atoms with Crippen molar-refractivity contribution in [2.24, 2.45) is 11.8 Å². The minimum absolute atomic E-state index is 0.206. The van der Waals surface area contributed by atoms with Gasteiger partial charge in [0, 0.05) is 24.9 Å². The smallest absolute Gasteiger partial charge is 0.220 e. The molecule has 2 aliphatic rings. The SMILES string of the molecule is CCOC1CC(CC(=O)NC2CCCC2CCl)C1. The van der Waals surface area contributed by atoms with Crippen LogP contribution in [0.25, 0.3) is 0 Å². The van der Waals surface area contributed by atoms with Crippen LogP contribution in [0.1, 0.15) is 45.4 Å². The molecule has 2 aliphatic carbocycles. The molecule has 0 aromatic carbocycles. The number of alkyl halides is 1. The van der Waals surface area contributed by atoms with Gasteiger partial charge in [0.2, 0.25) is 5.91 Å². The molecule has 0 spiro atoms. The van der Waals surface area contributed by atoms with E-state index in [1.165, 1.54) is 6.42 Å². The molecule has 104 valence electrons. The average Bonchev–Trinajstić information content (AvgIpc) is 2.73. The maximum Gasteiger partial charge on any atom is 0.220 e. The second kappa shape index (κ2) is 6.76. The highest BCUT2D eigenvalue weighted by Gasteiger charge is 2.33. The lowest BCUT2D eigenvalue weighted by Gasteiger charge is -2.34. The molecule has 2 unspecified atom stereocenters. The van der Waals surface area contributed by atoms with Gasteiger partial charge in [0.25, 0.3) is 0 Å². The summed E-state index contributed by atoms with van der Waals surface area (Å²) in [5, 5.41) is 3.16. The first-order valence-electron chi connectivity index (χ1n) is 7.19. The summed E-state index contributed by atoms with van der Waals surface area (Å²) in [6.45, 7) is 2.80. The van der Waals surface area contributed by atoms with Crippen LogP contribution < -0.4 is 5.32 Å². The molecule has 1 amide bonds. The van der Waals surface area contributed by atoms with E-state index in [0.29, 0.717) is 36.3 Å². The molecule has 0 heterocycles. The third kappa shape index (κ3) is 3.61.